The lowest BCUT2D eigenvalue weighted by Crippen LogP contribution is -2.35. The maximum absolute atomic E-state index is 12.3. The van der Waals surface area contributed by atoms with Crippen molar-refractivity contribution in [2.45, 2.75) is 12.5 Å². The van der Waals surface area contributed by atoms with Gasteiger partial charge in [0.05, 0.1) is 12.6 Å². The van der Waals surface area contributed by atoms with Crippen LogP contribution in [0.15, 0.2) is 29.1 Å². The van der Waals surface area contributed by atoms with Crippen LogP contribution in [0.3, 0.4) is 0 Å². The third kappa shape index (κ3) is 2.37. The van der Waals surface area contributed by atoms with Gasteiger partial charge in [-0.1, -0.05) is 12.1 Å². The van der Waals surface area contributed by atoms with Gasteiger partial charge >= 0.3 is 5.97 Å². The summed E-state index contributed by atoms with van der Waals surface area (Å²) in [5.41, 5.74) is 6.28. The fourth-order valence-electron chi connectivity index (χ4n) is 2.22. The van der Waals surface area contributed by atoms with Crippen molar-refractivity contribution >= 4 is 16.9 Å². The van der Waals surface area contributed by atoms with E-state index in [1.54, 1.807) is 19.2 Å². The number of nitrogens with zero attached hydrogens (tertiary/aromatic N) is 1. The number of ether oxygens (including phenoxy) is 1. The van der Waals surface area contributed by atoms with E-state index in [0.29, 0.717) is 16.8 Å². The summed E-state index contributed by atoms with van der Waals surface area (Å²) in [5, 5.41) is 9.65. The predicted molar refractivity (Wildman–Crippen MR) is 75.1 cm³/mol. The molecule has 0 radical (unpaired) electrons. The molecule has 106 valence electrons. The molecular formula is C14H16N2O4. The first-order valence-electron chi connectivity index (χ1n) is 6.09. The van der Waals surface area contributed by atoms with Gasteiger partial charge in [0.15, 0.2) is 0 Å². The Hall–Kier alpha value is -2.34. The van der Waals surface area contributed by atoms with Crippen LogP contribution in [0.2, 0.25) is 0 Å². The zero-order chi connectivity index (χ0) is 14.9. The van der Waals surface area contributed by atoms with Gasteiger partial charge in [0, 0.05) is 24.4 Å². The minimum Gasteiger partial charge on any atom is -0.495 e. The van der Waals surface area contributed by atoms with Crippen LogP contribution in [0.25, 0.3) is 10.9 Å². The van der Waals surface area contributed by atoms with Crippen LogP contribution in [0.1, 0.15) is 5.56 Å². The zero-order valence-electron chi connectivity index (χ0n) is 11.3. The quantitative estimate of drug-likeness (QED) is 0.848. The van der Waals surface area contributed by atoms with Crippen LogP contribution in [0.4, 0.5) is 0 Å². The number of methoxy groups -OCH3 is 1. The van der Waals surface area contributed by atoms with E-state index in [1.807, 2.05) is 12.1 Å². The molecule has 1 heterocycles. The normalized spacial score (nSPS) is 12.3. The van der Waals surface area contributed by atoms with Crippen LogP contribution in [0, 0.1) is 0 Å². The molecule has 1 unspecified atom stereocenters. The van der Waals surface area contributed by atoms with Gasteiger partial charge in [-0.15, -0.1) is 0 Å². The minimum absolute atomic E-state index is 0.00481. The second kappa shape index (κ2) is 5.34. The van der Waals surface area contributed by atoms with Crippen LogP contribution in [0.5, 0.6) is 5.75 Å². The standard InChI is InChI=1S/C14H16N2O4/c1-16-12-8(4-3-5-11(12)20-2)6-9(13(16)17)7-10(15)14(18)19/h3-6,10H,7,15H2,1-2H3,(H,18,19). The van der Waals surface area contributed by atoms with E-state index in [2.05, 4.69) is 0 Å². The summed E-state index contributed by atoms with van der Waals surface area (Å²) in [6, 6.07) is 6.00. The summed E-state index contributed by atoms with van der Waals surface area (Å²) < 4.78 is 6.70. The molecule has 0 bridgehead atoms. The summed E-state index contributed by atoms with van der Waals surface area (Å²) in [4.78, 5) is 23.1. The molecule has 1 aromatic heterocycles. The molecule has 0 aliphatic carbocycles. The number of hydrogen-bond acceptors (Lipinski definition) is 4. The average molecular weight is 276 g/mol. The van der Waals surface area contributed by atoms with E-state index in [9.17, 15) is 9.59 Å². The lowest BCUT2D eigenvalue weighted by molar-refractivity contribution is -0.138. The molecule has 0 spiro atoms. The Kier molecular flexibility index (Phi) is 3.76. The SMILES string of the molecule is COc1cccc2cc(CC(N)C(=O)O)c(=O)n(C)c12. The third-order valence-corrected chi connectivity index (χ3v) is 3.25. The van der Waals surface area contributed by atoms with Crippen molar-refractivity contribution in [1.82, 2.24) is 4.57 Å². The summed E-state index contributed by atoms with van der Waals surface area (Å²) in [5.74, 6) is -0.533. The molecule has 2 aromatic rings. The maximum Gasteiger partial charge on any atom is 0.320 e. The Morgan fingerprint density at radius 2 is 2.20 bits per heavy atom. The van der Waals surface area contributed by atoms with E-state index < -0.39 is 12.0 Å². The Balaban J connectivity index is 2.63. The molecule has 1 aromatic carbocycles. The molecule has 3 N–H and O–H groups in total. The van der Waals surface area contributed by atoms with Crippen molar-refractivity contribution < 1.29 is 14.6 Å². The molecule has 6 heteroatoms. The van der Waals surface area contributed by atoms with Crippen LogP contribution < -0.4 is 16.0 Å². The topological polar surface area (TPSA) is 94.6 Å². The lowest BCUT2D eigenvalue weighted by atomic mass is 10.1. The first-order valence-corrected chi connectivity index (χ1v) is 6.09. The minimum atomic E-state index is -1.13. The Bertz CT molecular complexity index is 721. The van der Waals surface area contributed by atoms with Gasteiger partial charge in [0.2, 0.25) is 0 Å². The van der Waals surface area contributed by atoms with Crippen molar-refractivity contribution in [3.8, 4) is 5.75 Å². The molecule has 6 nitrogen and oxygen atoms in total. The third-order valence-electron chi connectivity index (χ3n) is 3.25. The van der Waals surface area contributed by atoms with Crippen molar-refractivity contribution in [3.05, 3.63) is 40.2 Å². The number of para-hydroxylation sites is 1. The van der Waals surface area contributed by atoms with Crippen LogP contribution in [-0.4, -0.2) is 28.8 Å². The molecule has 1 atom stereocenters. The summed E-state index contributed by atoms with van der Waals surface area (Å²) >= 11 is 0. The second-order valence-electron chi connectivity index (χ2n) is 4.58. The number of hydrogen-bond donors (Lipinski definition) is 2. The number of fused-ring (bicyclic) bond motifs is 1. The number of carboxylic acid groups (broad SMARTS) is 1. The highest BCUT2D eigenvalue weighted by molar-refractivity contribution is 5.85. The number of aliphatic carboxylic acids is 1. The Morgan fingerprint density at radius 3 is 2.80 bits per heavy atom. The van der Waals surface area contributed by atoms with Crippen LogP contribution >= 0.6 is 0 Å². The highest BCUT2D eigenvalue weighted by Crippen LogP contribution is 2.24. The number of aryl methyl sites for hydroxylation is 1. The molecule has 2 rings (SSSR count). The molecule has 0 saturated carbocycles. The van der Waals surface area contributed by atoms with Gasteiger partial charge in [-0.3, -0.25) is 9.59 Å². The molecular weight excluding hydrogens is 260 g/mol. The van der Waals surface area contributed by atoms with Gasteiger partial charge in [-0.25, -0.2) is 0 Å². The van der Waals surface area contributed by atoms with Gasteiger partial charge in [0.25, 0.3) is 5.56 Å². The van der Waals surface area contributed by atoms with E-state index >= 15 is 0 Å². The van der Waals surface area contributed by atoms with Crippen molar-refractivity contribution in [2.75, 3.05) is 7.11 Å². The highest BCUT2D eigenvalue weighted by Gasteiger charge is 2.17. The van der Waals surface area contributed by atoms with Crippen LogP contribution in [-0.2, 0) is 18.3 Å². The number of carboxylic acids is 1. The maximum atomic E-state index is 12.3. The van der Waals surface area contributed by atoms with E-state index in [0.717, 1.165) is 5.39 Å². The largest absolute Gasteiger partial charge is 0.495 e. The average Bonchev–Trinajstić information content (AvgIpc) is 2.43. The number of pyridine rings is 1. The van der Waals surface area contributed by atoms with Crippen molar-refractivity contribution in [3.63, 3.8) is 0 Å². The number of rotatable bonds is 4. The molecule has 20 heavy (non-hydrogen) atoms. The van der Waals surface area contributed by atoms with Gasteiger partial charge in [0.1, 0.15) is 11.8 Å². The highest BCUT2D eigenvalue weighted by atomic mass is 16.5. The van der Waals surface area contributed by atoms with Crippen molar-refractivity contribution in [1.29, 1.82) is 0 Å². The first-order chi connectivity index (χ1) is 9.45. The predicted octanol–water partition coefficient (Wildman–Crippen LogP) is 0.502. The monoisotopic (exact) mass is 276 g/mol. The number of aromatic nitrogens is 1. The number of carbonyl (C=O) groups is 1. The fourth-order valence-corrected chi connectivity index (χ4v) is 2.22. The molecule has 0 saturated heterocycles. The molecule has 0 aliphatic heterocycles. The van der Waals surface area contributed by atoms with Gasteiger partial charge < -0.3 is 20.1 Å². The summed E-state index contributed by atoms with van der Waals surface area (Å²) in [6.45, 7) is 0. The smallest absolute Gasteiger partial charge is 0.320 e. The molecule has 0 amide bonds. The number of nitrogens with two attached hydrogens (primary N) is 1. The summed E-state index contributed by atoms with van der Waals surface area (Å²) in [7, 11) is 3.16. The van der Waals surface area contributed by atoms with Crippen molar-refractivity contribution in [2.24, 2.45) is 12.8 Å². The molecule has 0 aliphatic rings. The van der Waals surface area contributed by atoms with E-state index in [1.165, 1.54) is 11.7 Å². The first kappa shape index (κ1) is 14.1. The summed E-state index contributed by atoms with van der Waals surface area (Å²) in [6.07, 6.45) is -0.00481. The second-order valence-corrected chi connectivity index (χ2v) is 4.58. The fraction of sp³-hybridized carbons (Fsp3) is 0.286. The lowest BCUT2D eigenvalue weighted by Gasteiger charge is -2.13. The molecule has 0 fully saturated rings. The number of benzene rings is 1. The van der Waals surface area contributed by atoms with Gasteiger partial charge in [-0.2, -0.15) is 0 Å². The van der Waals surface area contributed by atoms with E-state index in [-0.39, 0.29) is 12.0 Å². The Labute approximate surface area is 115 Å². The van der Waals surface area contributed by atoms with Gasteiger partial charge in [-0.05, 0) is 12.1 Å². The Morgan fingerprint density at radius 1 is 1.50 bits per heavy atom. The van der Waals surface area contributed by atoms with E-state index in [4.69, 9.17) is 15.6 Å². The zero-order valence-corrected chi connectivity index (χ0v) is 11.3.